The first-order valence-electron chi connectivity index (χ1n) is 5.24. The molecule has 0 heterocycles. The van der Waals surface area contributed by atoms with Crippen molar-refractivity contribution >= 4 is 0 Å². The summed E-state index contributed by atoms with van der Waals surface area (Å²) in [6.07, 6.45) is 16.0. The molecule has 15 heavy (non-hydrogen) atoms. The minimum Gasteiger partial charge on any atom is -0.270 e. The fourth-order valence-corrected chi connectivity index (χ4v) is 1.33. The zero-order valence-electron chi connectivity index (χ0n) is 9.85. The molecule has 0 aliphatic heterocycles. The smallest absolute Gasteiger partial charge is 0.270 e. The summed E-state index contributed by atoms with van der Waals surface area (Å²) >= 11 is 0. The van der Waals surface area contributed by atoms with Gasteiger partial charge in [-0.25, -0.2) is 22.8 Å². The van der Waals surface area contributed by atoms with Crippen LogP contribution < -0.4 is 0 Å². The van der Waals surface area contributed by atoms with E-state index in [1.54, 1.807) is 0 Å². The van der Waals surface area contributed by atoms with E-state index < -0.39 is 0 Å². The van der Waals surface area contributed by atoms with Crippen LogP contribution >= 0.6 is 0 Å². The van der Waals surface area contributed by atoms with E-state index in [2.05, 4.69) is 51.2 Å². The van der Waals surface area contributed by atoms with Gasteiger partial charge in [0.15, 0.2) is 0 Å². The van der Waals surface area contributed by atoms with Crippen LogP contribution in [0.1, 0.15) is 40.0 Å². The third-order valence-electron chi connectivity index (χ3n) is 2.51. The van der Waals surface area contributed by atoms with Gasteiger partial charge in [-0.15, -0.1) is 13.3 Å². The van der Waals surface area contributed by atoms with E-state index in [1.165, 1.54) is 16.7 Å². The van der Waals surface area contributed by atoms with Crippen molar-refractivity contribution in [1.82, 2.24) is 0 Å². The molecule has 0 aromatic heterocycles. The van der Waals surface area contributed by atoms with E-state index in [1.807, 2.05) is 0 Å². The maximum Gasteiger partial charge on any atom is 2.00 e. The Labute approximate surface area is 113 Å². The van der Waals surface area contributed by atoms with Gasteiger partial charge >= 0.3 is 26.2 Å². The average Bonchev–Trinajstić information content (AvgIpc) is 2.80. The first-order chi connectivity index (χ1) is 6.74. The van der Waals surface area contributed by atoms with Crippen molar-refractivity contribution in [2.45, 2.75) is 40.0 Å². The van der Waals surface area contributed by atoms with Crippen LogP contribution in [0.5, 0.6) is 0 Å². The van der Waals surface area contributed by atoms with Crippen molar-refractivity contribution in [2.24, 2.45) is 0 Å². The van der Waals surface area contributed by atoms with Gasteiger partial charge in [0.1, 0.15) is 0 Å². The van der Waals surface area contributed by atoms with Crippen molar-refractivity contribution in [1.29, 1.82) is 0 Å². The van der Waals surface area contributed by atoms with Gasteiger partial charge in [0, 0.05) is 0 Å². The van der Waals surface area contributed by atoms with Gasteiger partial charge in [-0.3, -0.25) is 12.2 Å². The van der Waals surface area contributed by atoms with Gasteiger partial charge in [0.25, 0.3) is 0 Å². The molecule has 1 heteroatoms. The zero-order valence-corrected chi connectivity index (χ0v) is 12.3. The Morgan fingerprint density at radius 3 is 2.27 bits per heavy atom. The van der Waals surface area contributed by atoms with Crippen LogP contribution in [-0.4, -0.2) is 0 Å². The van der Waals surface area contributed by atoms with Crippen LogP contribution in [0.15, 0.2) is 34.9 Å². The van der Waals surface area contributed by atoms with Crippen LogP contribution in [0, 0.1) is 12.2 Å². The summed E-state index contributed by atoms with van der Waals surface area (Å²) in [5.41, 5.74) is 4.14. The molecular formula is C14H18Zr. The topological polar surface area (TPSA) is 0 Å². The zero-order chi connectivity index (χ0) is 10.4. The molecule has 0 bridgehead atoms. The standard InChI is InChI=1S/2C7H9.Zr/c1-6-4-3-5-7(6)2;1-2-7-5-3-4-6-7;/h3H,4H2,1-2H3;3,5H,2,4H2,1H3;/q2*-1;+2. The molecule has 0 unspecified atom stereocenters. The normalized spacial score (nSPS) is 17.1. The van der Waals surface area contributed by atoms with Crippen LogP contribution in [-0.2, 0) is 26.2 Å². The van der Waals surface area contributed by atoms with Gasteiger partial charge in [-0.05, 0) is 0 Å². The van der Waals surface area contributed by atoms with E-state index >= 15 is 0 Å². The Morgan fingerprint density at radius 2 is 2.07 bits per heavy atom. The van der Waals surface area contributed by atoms with Crippen LogP contribution in [0.25, 0.3) is 0 Å². The summed E-state index contributed by atoms with van der Waals surface area (Å²) in [6, 6.07) is 0. The average molecular weight is 278 g/mol. The van der Waals surface area contributed by atoms with E-state index in [-0.39, 0.29) is 26.2 Å². The molecule has 0 N–H and O–H groups in total. The van der Waals surface area contributed by atoms with Gasteiger partial charge in [-0.2, -0.15) is 12.2 Å². The summed E-state index contributed by atoms with van der Waals surface area (Å²) in [7, 11) is 0. The SMILES string of the molecule is CC1=C(C)CC=[C-]1.CCC1=[C-]CC=C1.[Zr+2]. The second-order valence-electron chi connectivity index (χ2n) is 3.62. The second-order valence-corrected chi connectivity index (χ2v) is 3.62. The first kappa shape index (κ1) is 14.8. The third kappa shape index (κ3) is 5.47. The van der Waals surface area contributed by atoms with Gasteiger partial charge < -0.3 is 0 Å². The Balaban J connectivity index is 0.000000245. The number of hydrogen-bond donors (Lipinski definition) is 0. The molecule has 0 atom stereocenters. The molecule has 0 fully saturated rings. The van der Waals surface area contributed by atoms with E-state index in [0.29, 0.717) is 0 Å². The summed E-state index contributed by atoms with van der Waals surface area (Å²) in [5, 5.41) is 0. The van der Waals surface area contributed by atoms with Crippen LogP contribution in [0.2, 0.25) is 0 Å². The van der Waals surface area contributed by atoms with Crippen molar-refractivity contribution in [3.05, 3.63) is 47.1 Å². The molecule has 0 spiro atoms. The van der Waals surface area contributed by atoms with Crippen LogP contribution in [0.3, 0.4) is 0 Å². The molecule has 0 amide bonds. The van der Waals surface area contributed by atoms with E-state index in [4.69, 9.17) is 0 Å². The molecule has 2 rings (SSSR count). The molecular weight excluding hydrogens is 259 g/mol. The molecule has 0 radical (unpaired) electrons. The van der Waals surface area contributed by atoms with Gasteiger partial charge in [-0.1, -0.05) is 26.7 Å². The van der Waals surface area contributed by atoms with Crippen molar-refractivity contribution < 1.29 is 26.2 Å². The first-order valence-corrected chi connectivity index (χ1v) is 5.24. The number of rotatable bonds is 1. The molecule has 0 saturated carbocycles. The van der Waals surface area contributed by atoms with Gasteiger partial charge in [0.2, 0.25) is 0 Å². The van der Waals surface area contributed by atoms with E-state index in [0.717, 1.165) is 19.3 Å². The maximum atomic E-state index is 3.21. The fourth-order valence-electron chi connectivity index (χ4n) is 1.33. The third-order valence-corrected chi connectivity index (χ3v) is 2.51. The van der Waals surface area contributed by atoms with Crippen molar-refractivity contribution in [3.63, 3.8) is 0 Å². The van der Waals surface area contributed by atoms with Crippen molar-refractivity contribution in [2.75, 3.05) is 0 Å². The second kappa shape index (κ2) is 8.05. The number of hydrogen-bond acceptors (Lipinski definition) is 0. The predicted octanol–water partition coefficient (Wildman–Crippen LogP) is 4.17. The summed E-state index contributed by atoms with van der Waals surface area (Å²) in [5.74, 6) is 0. The summed E-state index contributed by atoms with van der Waals surface area (Å²) in [4.78, 5) is 0. The minimum absolute atomic E-state index is 0. The Bertz CT molecular complexity index is 303. The Kier molecular flexibility index (Phi) is 7.96. The van der Waals surface area contributed by atoms with Crippen LogP contribution in [0.4, 0.5) is 0 Å². The summed E-state index contributed by atoms with van der Waals surface area (Å²) in [6.45, 7) is 6.39. The molecule has 2 aliphatic carbocycles. The maximum absolute atomic E-state index is 3.21. The minimum atomic E-state index is 0. The largest absolute Gasteiger partial charge is 2.00 e. The summed E-state index contributed by atoms with van der Waals surface area (Å²) < 4.78 is 0. The molecule has 2 aliphatic rings. The quantitative estimate of drug-likeness (QED) is 0.631. The number of allylic oxidation sites excluding steroid dienone is 8. The molecule has 0 aromatic carbocycles. The molecule has 0 nitrogen and oxygen atoms in total. The predicted molar refractivity (Wildman–Crippen MR) is 61.6 cm³/mol. The fraction of sp³-hybridized carbons (Fsp3) is 0.429. The van der Waals surface area contributed by atoms with Crippen molar-refractivity contribution in [3.8, 4) is 0 Å². The van der Waals surface area contributed by atoms with Gasteiger partial charge in [0.05, 0.1) is 0 Å². The molecule has 0 aromatic rings. The Hall–Kier alpha value is -0.157. The Morgan fingerprint density at radius 1 is 1.33 bits per heavy atom. The monoisotopic (exact) mass is 276 g/mol. The molecule has 78 valence electrons. The van der Waals surface area contributed by atoms with E-state index in [9.17, 15) is 0 Å². The molecule has 0 saturated heterocycles.